The quantitative estimate of drug-likeness (QED) is 0.915. The number of halogens is 1. The molecule has 1 heterocycles. The number of anilines is 1. The number of amides is 1. The topological polar surface area (TPSA) is 41.6 Å². The molecule has 1 amide bonds. The second-order valence-corrected chi connectivity index (χ2v) is 7.19. The third-order valence-corrected chi connectivity index (χ3v) is 5.70. The molecule has 1 aliphatic heterocycles. The van der Waals surface area contributed by atoms with Crippen molar-refractivity contribution in [3.8, 4) is 5.75 Å². The van der Waals surface area contributed by atoms with Gasteiger partial charge < -0.3 is 15.0 Å². The lowest BCUT2D eigenvalue weighted by molar-refractivity contribution is 0.0948. The smallest absolute Gasteiger partial charge is 0.251 e. The van der Waals surface area contributed by atoms with Crippen LogP contribution in [0.15, 0.2) is 36.4 Å². The Morgan fingerprint density at radius 3 is 3.04 bits per heavy atom. The SMILES string of the molecule is CN1CCOc2ccc(C(=O)NC3C4Cc5cc(F)ccc5C43)cc21. The van der Waals surface area contributed by atoms with Crippen molar-refractivity contribution in [3.63, 3.8) is 0 Å². The van der Waals surface area contributed by atoms with Gasteiger partial charge in [-0.05, 0) is 53.8 Å². The minimum Gasteiger partial charge on any atom is -0.490 e. The number of carbonyl (C=O) groups excluding carboxylic acids is 1. The van der Waals surface area contributed by atoms with Gasteiger partial charge in [0.2, 0.25) is 0 Å². The van der Waals surface area contributed by atoms with E-state index in [1.165, 1.54) is 11.6 Å². The number of ether oxygens (including phenoxy) is 1. The summed E-state index contributed by atoms with van der Waals surface area (Å²) in [4.78, 5) is 14.8. The fourth-order valence-corrected chi connectivity index (χ4v) is 4.31. The predicted molar refractivity (Wildman–Crippen MR) is 92.8 cm³/mol. The number of hydrogen-bond donors (Lipinski definition) is 1. The van der Waals surface area contributed by atoms with Gasteiger partial charge in [0.05, 0.1) is 12.2 Å². The molecule has 5 heteroatoms. The van der Waals surface area contributed by atoms with E-state index in [0.29, 0.717) is 24.0 Å². The highest BCUT2D eigenvalue weighted by Gasteiger charge is 2.56. The molecule has 1 saturated carbocycles. The lowest BCUT2D eigenvalue weighted by Crippen LogP contribution is -2.31. The van der Waals surface area contributed by atoms with Crippen molar-refractivity contribution in [1.29, 1.82) is 0 Å². The minimum absolute atomic E-state index is 0.0511. The van der Waals surface area contributed by atoms with E-state index in [4.69, 9.17) is 4.74 Å². The van der Waals surface area contributed by atoms with Crippen molar-refractivity contribution in [2.75, 3.05) is 25.1 Å². The molecule has 0 saturated heterocycles. The number of carbonyl (C=O) groups is 1. The molecule has 3 aliphatic rings. The molecule has 1 N–H and O–H groups in total. The molecule has 0 aromatic heterocycles. The number of rotatable bonds is 2. The van der Waals surface area contributed by atoms with Gasteiger partial charge >= 0.3 is 0 Å². The zero-order chi connectivity index (χ0) is 17.1. The monoisotopic (exact) mass is 338 g/mol. The molecular formula is C20H19FN2O2. The Bertz CT molecular complexity index is 882. The molecule has 5 rings (SSSR count). The van der Waals surface area contributed by atoms with E-state index < -0.39 is 0 Å². The first-order valence-electron chi connectivity index (χ1n) is 8.69. The average Bonchev–Trinajstić information content (AvgIpc) is 3.11. The third kappa shape index (κ3) is 2.29. The number of benzene rings is 2. The van der Waals surface area contributed by atoms with Crippen molar-refractivity contribution >= 4 is 11.6 Å². The Labute approximate surface area is 145 Å². The van der Waals surface area contributed by atoms with Gasteiger partial charge in [0.15, 0.2) is 0 Å². The van der Waals surface area contributed by atoms with Crippen LogP contribution >= 0.6 is 0 Å². The normalized spacial score (nSPS) is 25.5. The van der Waals surface area contributed by atoms with Crippen LogP contribution in [0, 0.1) is 11.7 Å². The van der Waals surface area contributed by atoms with Crippen LogP contribution in [0.2, 0.25) is 0 Å². The largest absolute Gasteiger partial charge is 0.490 e. The molecule has 2 aromatic carbocycles. The van der Waals surface area contributed by atoms with Crippen molar-refractivity contribution < 1.29 is 13.9 Å². The summed E-state index contributed by atoms with van der Waals surface area (Å²) in [5, 5.41) is 3.16. The Kier molecular flexibility index (Phi) is 3.08. The first-order chi connectivity index (χ1) is 12.1. The molecular weight excluding hydrogens is 319 g/mol. The number of nitrogens with zero attached hydrogens (tertiary/aromatic N) is 1. The van der Waals surface area contributed by atoms with E-state index in [9.17, 15) is 9.18 Å². The van der Waals surface area contributed by atoms with Crippen LogP contribution < -0.4 is 15.0 Å². The summed E-state index contributed by atoms with van der Waals surface area (Å²) < 4.78 is 18.9. The molecule has 128 valence electrons. The Morgan fingerprint density at radius 2 is 2.16 bits per heavy atom. The van der Waals surface area contributed by atoms with Crippen LogP contribution in [0.4, 0.5) is 10.1 Å². The minimum atomic E-state index is -0.180. The first-order valence-corrected chi connectivity index (χ1v) is 8.69. The van der Waals surface area contributed by atoms with Crippen LogP contribution in [0.1, 0.15) is 27.4 Å². The zero-order valence-corrected chi connectivity index (χ0v) is 14.0. The zero-order valence-electron chi connectivity index (χ0n) is 14.0. The maximum absolute atomic E-state index is 13.3. The van der Waals surface area contributed by atoms with E-state index >= 15 is 0 Å². The molecule has 3 atom stereocenters. The van der Waals surface area contributed by atoms with Crippen molar-refractivity contribution in [2.24, 2.45) is 5.92 Å². The van der Waals surface area contributed by atoms with Gasteiger partial charge in [-0.1, -0.05) is 6.07 Å². The van der Waals surface area contributed by atoms with Crippen LogP contribution in [0.25, 0.3) is 0 Å². The van der Waals surface area contributed by atoms with E-state index in [1.54, 1.807) is 6.07 Å². The fraction of sp³-hybridized carbons (Fsp3) is 0.350. The molecule has 0 spiro atoms. The number of nitrogens with one attached hydrogen (secondary N) is 1. The van der Waals surface area contributed by atoms with E-state index in [2.05, 4.69) is 10.2 Å². The molecule has 25 heavy (non-hydrogen) atoms. The summed E-state index contributed by atoms with van der Waals surface area (Å²) >= 11 is 0. The Morgan fingerprint density at radius 1 is 1.28 bits per heavy atom. The first kappa shape index (κ1) is 14.8. The summed E-state index contributed by atoms with van der Waals surface area (Å²) in [6.45, 7) is 1.48. The molecule has 4 nitrogen and oxygen atoms in total. The highest BCUT2D eigenvalue weighted by molar-refractivity contribution is 5.96. The molecule has 0 radical (unpaired) electrons. The molecule has 3 unspecified atom stereocenters. The van der Waals surface area contributed by atoms with Gasteiger partial charge in [-0.15, -0.1) is 0 Å². The maximum atomic E-state index is 13.3. The van der Waals surface area contributed by atoms with E-state index in [-0.39, 0.29) is 17.8 Å². The summed E-state index contributed by atoms with van der Waals surface area (Å²) in [5.74, 6) is 1.34. The van der Waals surface area contributed by atoms with Crippen molar-refractivity contribution in [2.45, 2.75) is 18.4 Å². The van der Waals surface area contributed by atoms with Crippen LogP contribution in [0.3, 0.4) is 0 Å². The van der Waals surface area contributed by atoms with Crippen LogP contribution in [-0.2, 0) is 6.42 Å². The number of hydrogen-bond acceptors (Lipinski definition) is 3. The second kappa shape index (κ2) is 5.22. The van der Waals surface area contributed by atoms with Gasteiger partial charge in [0.25, 0.3) is 5.91 Å². The lowest BCUT2D eigenvalue weighted by Gasteiger charge is -2.28. The lowest BCUT2D eigenvalue weighted by atomic mass is 10.0. The molecule has 1 fully saturated rings. The van der Waals surface area contributed by atoms with Crippen molar-refractivity contribution in [3.05, 3.63) is 58.9 Å². The summed E-state index contributed by atoms with van der Waals surface area (Å²) in [6, 6.07) is 10.7. The van der Waals surface area contributed by atoms with E-state index in [0.717, 1.165) is 30.0 Å². The molecule has 0 bridgehead atoms. The number of likely N-dealkylation sites (N-methyl/N-ethyl adjacent to an activating group) is 1. The standard InChI is InChI=1S/C20H19FN2O2/c1-23-6-7-25-17-5-2-11(10-16(17)23)20(24)22-19-15-9-12-8-13(21)3-4-14(12)18(15)19/h2-5,8,10,15,18-19H,6-7,9H2,1H3,(H,22,24). The molecule has 2 aliphatic carbocycles. The fourth-order valence-electron chi connectivity index (χ4n) is 4.31. The van der Waals surface area contributed by atoms with Gasteiger partial charge in [0, 0.05) is 24.6 Å². The van der Waals surface area contributed by atoms with Gasteiger partial charge in [-0.3, -0.25) is 4.79 Å². The van der Waals surface area contributed by atoms with Gasteiger partial charge in [-0.2, -0.15) is 0 Å². The summed E-state index contributed by atoms with van der Waals surface area (Å²) in [7, 11) is 2.00. The third-order valence-electron chi connectivity index (χ3n) is 5.70. The van der Waals surface area contributed by atoms with E-state index in [1.807, 2.05) is 31.3 Å². The summed E-state index contributed by atoms with van der Waals surface area (Å²) in [6.07, 6.45) is 0.851. The van der Waals surface area contributed by atoms with Crippen LogP contribution in [0.5, 0.6) is 5.75 Å². The van der Waals surface area contributed by atoms with Crippen LogP contribution in [-0.4, -0.2) is 32.1 Å². The average molecular weight is 338 g/mol. The Hall–Kier alpha value is -2.56. The summed E-state index contributed by atoms with van der Waals surface area (Å²) in [5.41, 5.74) is 3.89. The van der Waals surface area contributed by atoms with Gasteiger partial charge in [0.1, 0.15) is 18.2 Å². The number of fused-ring (bicyclic) bond motifs is 4. The van der Waals surface area contributed by atoms with Gasteiger partial charge in [-0.25, -0.2) is 4.39 Å². The highest BCUT2D eigenvalue weighted by atomic mass is 19.1. The van der Waals surface area contributed by atoms with Crippen molar-refractivity contribution in [1.82, 2.24) is 5.32 Å². The Balaban J connectivity index is 1.33. The maximum Gasteiger partial charge on any atom is 0.251 e. The molecule has 2 aromatic rings. The second-order valence-electron chi connectivity index (χ2n) is 7.19. The highest BCUT2D eigenvalue weighted by Crippen LogP contribution is 2.56. The predicted octanol–water partition coefficient (Wildman–Crippen LogP) is 2.72.